The van der Waals surface area contributed by atoms with Gasteiger partial charge in [0.2, 0.25) is 5.78 Å². The molecule has 2 aromatic carbocycles. The lowest BCUT2D eigenvalue weighted by Gasteiger charge is -2.15. The minimum Gasteiger partial charge on any atom is -0.497 e. The minimum absolute atomic E-state index is 0.0740. The summed E-state index contributed by atoms with van der Waals surface area (Å²) < 4.78 is 10.8. The first kappa shape index (κ1) is 15.4. The number of carbonyl (C=O) groups excluding carboxylic acids is 1. The number of carbonyl (C=O) groups is 1. The zero-order valence-corrected chi connectivity index (χ0v) is 13.0. The van der Waals surface area contributed by atoms with Crippen molar-refractivity contribution in [3.05, 3.63) is 58.6 Å². The van der Waals surface area contributed by atoms with Crippen LogP contribution in [-0.2, 0) is 0 Å². The number of hydrogen-bond acceptors (Lipinski definition) is 3. The highest BCUT2D eigenvalue weighted by Crippen LogP contribution is 2.22. The lowest BCUT2D eigenvalue weighted by molar-refractivity contribution is 0.0817. The fourth-order valence-corrected chi connectivity index (χ4v) is 2.24. The minimum atomic E-state index is -0.587. The van der Waals surface area contributed by atoms with Crippen molar-refractivity contribution in [2.75, 3.05) is 7.11 Å². The van der Waals surface area contributed by atoms with E-state index in [2.05, 4.69) is 0 Å². The van der Waals surface area contributed by atoms with Crippen molar-refractivity contribution < 1.29 is 14.3 Å². The summed E-state index contributed by atoms with van der Waals surface area (Å²) >= 11 is 5.90. The van der Waals surface area contributed by atoms with E-state index in [1.54, 1.807) is 50.4 Å². The van der Waals surface area contributed by atoms with Crippen LogP contribution in [0.5, 0.6) is 11.5 Å². The maximum atomic E-state index is 12.5. The highest BCUT2D eigenvalue weighted by atomic mass is 35.5. The molecule has 0 saturated heterocycles. The Kier molecular flexibility index (Phi) is 4.86. The summed E-state index contributed by atoms with van der Waals surface area (Å²) in [6.45, 7) is 3.61. The molecule has 0 heterocycles. The molecule has 0 aliphatic carbocycles. The molecule has 110 valence electrons. The van der Waals surface area contributed by atoms with Gasteiger partial charge in [-0.05, 0) is 55.8 Å². The highest BCUT2D eigenvalue weighted by Gasteiger charge is 2.19. The first-order chi connectivity index (χ1) is 10.0. The molecule has 2 rings (SSSR count). The standard InChI is InChI=1S/C17H17ClO3/c1-11-9-14(20-3)7-8-16(11)17(19)12(2)21-15-6-4-5-13(18)10-15/h4-10,12H,1-3H3. The van der Waals surface area contributed by atoms with Gasteiger partial charge in [0.05, 0.1) is 7.11 Å². The van der Waals surface area contributed by atoms with Crippen molar-refractivity contribution >= 4 is 17.4 Å². The van der Waals surface area contributed by atoms with E-state index < -0.39 is 6.10 Å². The van der Waals surface area contributed by atoms with Crippen molar-refractivity contribution in [3.8, 4) is 11.5 Å². The number of Topliss-reactive ketones (excluding diaryl/α,β-unsaturated/α-hetero) is 1. The summed E-state index contributed by atoms with van der Waals surface area (Å²) in [7, 11) is 1.60. The fourth-order valence-electron chi connectivity index (χ4n) is 2.06. The van der Waals surface area contributed by atoms with Crippen LogP contribution < -0.4 is 9.47 Å². The van der Waals surface area contributed by atoms with Crippen LogP contribution >= 0.6 is 11.6 Å². The summed E-state index contributed by atoms with van der Waals surface area (Å²) in [6, 6.07) is 12.4. The van der Waals surface area contributed by atoms with E-state index in [-0.39, 0.29) is 5.78 Å². The number of rotatable bonds is 5. The van der Waals surface area contributed by atoms with Crippen LogP contribution in [0.1, 0.15) is 22.8 Å². The van der Waals surface area contributed by atoms with Crippen molar-refractivity contribution in [2.24, 2.45) is 0 Å². The smallest absolute Gasteiger partial charge is 0.203 e. The second kappa shape index (κ2) is 6.64. The maximum absolute atomic E-state index is 12.5. The largest absolute Gasteiger partial charge is 0.497 e. The summed E-state index contributed by atoms with van der Waals surface area (Å²) in [4.78, 5) is 12.5. The van der Waals surface area contributed by atoms with Gasteiger partial charge in [-0.2, -0.15) is 0 Å². The monoisotopic (exact) mass is 304 g/mol. The molecule has 0 aromatic heterocycles. The van der Waals surface area contributed by atoms with Gasteiger partial charge in [-0.15, -0.1) is 0 Å². The van der Waals surface area contributed by atoms with Gasteiger partial charge < -0.3 is 9.47 Å². The number of ketones is 1. The van der Waals surface area contributed by atoms with E-state index in [0.717, 1.165) is 11.3 Å². The Labute approximate surface area is 129 Å². The molecule has 4 heteroatoms. The predicted molar refractivity (Wildman–Crippen MR) is 83.6 cm³/mol. The number of halogens is 1. The van der Waals surface area contributed by atoms with Crippen molar-refractivity contribution in [3.63, 3.8) is 0 Å². The maximum Gasteiger partial charge on any atom is 0.203 e. The molecule has 2 aromatic rings. The Morgan fingerprint density at radius 1 is 1.14 bits per heavy atom. The molecule has 21 heavy (non-hydrogen) atoms. The van der Waals surface area contributed by atoms with Crippen LogP contribution in [0.2, 0.25) is 5.02 Å². The molecular weight excluding hydrogens is 288 g/mol. The molecule has 0 fully saturated rings. The second-order valence-corrected chi connectivity index (χ2v) is 5.20. The SMILES string of the molecule is COc1ccc(C(=O)C(C)Oc2cccc(Cl)c2)c(C)c1. The van der Waals surface area contributed by atoms with E-state index in [1.807, 2.05) is 13.0 Å². The number of aryl methyl sites for hydroxylation is 1. The van der Waals surface area contributed by atoms with Gasteiger partial charge in [0.25, 0.3) is 0 Å². The Balaban J connectivity index is 2.15. The number of methoxy groups -OCH3 is 1. The Bertz CT molecular complexity index is 652. The van der Waals surface area contributed by atoms with Crippen LogP contribution in [0.15, 0.2) is 42.5 Å². The average molecular weight is 305 g/mol. The average Bonchev–Trinajstić information content (AvgIpc) is 2.46. The van der Waals surface area contributed by atoms with Gasteiger partial charge in [-0.1, -0.05) is 17.7 Å². The van der Waals surface area contributed by atoms with E-state index in [1.165, 1.54) is 0 Å². The number of hydrogen-bond donors (Lipinski definition) is 0. The first-order valence-electron chi connectivity index (χ1n) is 6.62. The molecule has 0 saturated carbocycles. The topological polar surface area (TPSA) is 35.5 Å². The highest BCUT2D eigenvalue weighted by molar-refractivity contribution is 6.30. The summed E-state index contributed by atoms with van der Waals surface area (Å²) in [5.41, 5.74) is 1.49. The number of ether oxygens (including phenoxy) is 2. The van der Waals surface area contributed by atoms with E-state index in [4.69, 9.17) is 21.1 Å². The van der Waals surface area contributed by atoms with E-state index in [9.17, 15) is 4.79 Å². The third-order valence-corrected chi connectivity index (χ3v) is 3.41. The van der Waals surface area contributed by atoms with Crippen LogP contribution in [0, 0.1) is 6.92 Å². The van der Waals surface area contributed by atoms with Gasteiger partial charge in [-0.25, -0.2) is 0 Å². The van der Waals surface area contributed by atoms with E-state index in [0.29, 0.717) is 16.3 Å². The van der Waals surface area contributed by atoms with Crippen LogP contribution in [-0.4, -0.2) is 19.0 Å². The first-order valence-corrected chi connectivity index (χ1v) is 7.00. The summed E-state index contributed by atoms with van der Waals surface area (Å²) in [6.07, 6.45) is -0.587. The van der Waals surface area contributed by atoms with Gasteiger partial charge in [0, 0.05) is 10.6 Å². The van der Waals surface area contributed by atoms with Crippen molar-refractivity contribution in [1.29, 1.82) is 0 Å². The zero-order valence-electron chi connectivity index (χ0n) is 12.2. The number of benzene rings is 2. The van der Waals surface area contributed by atoms with Crippen LogP contribution in [0.4, 0.5) is 0 Å². The Hall–Kier alpha value is -2.00. The molecule has 1 unspecified atom stereocenters. The van der Waals surface area contributed by atoms with Crippen LogP contribution in [0.25, 0.3) is 0 Å². The van der Waals surface area contributed by atoms with Crippen molar-refractivity contribution in [1.82, 2.24) is 0 Å². The van der Waals surface area contributed by atoms with Crippen molar-refractivity contribution in [2.45, 2.75) is 20.0 Å². The second-order valence-electron chi connectivity index (χ2n) is 4.76. The zero-order chi connectivity index (χ0) is 15.4. The molecule has 0 spiro atoms. The molecule has 0 bridgehead atoms. The van der Waals surface area contributed by atoms with Gasteiger partial charge in [0.15, 0.2) is 6.10 Å². The molecule has 0 N–H and O–H groups in total. The summed E-state index contributed by atoms with van der Waals surface area (Å²) in [5.74, 6) is 1.23. The Morgan fingerprint density at radius 2 is 1.90 bits per heavy atom. The fraction of sp³-hybridized carbons (Fsp3) is 0.235. The predicted octanol–water partition coefficient (Wildman–Crippen LogP) is 4.31. The third kappa shape index (κ3) is 3.76. The molecule has 0 aliphatic rings. The third-order valence-electron chi connectivity index (χ3n) is 3.18. The van der Waals surface area contributed by atoms with Gasteiger partial charge in [0.1, 0.15) is 11.5 Å². The summed E-state index contributed by atoms with van der Waals surface area (Å²) in [5, 5.41) is 0.577. The molecule has 0 radical (unpaired) electrons. The lowest BCUT2D eigenvalue weighted by Crippen LogP contribution is -2.24. The van der Waals surface area contributed by atoms with Gasteiger partial charge in [-0.3, -0.25) is 4.79 Å². The van der Waals surface area contributed by atoms with Gasteiger partial charge >= 0.3 is 0 Å². The molecular formula is C17H17ClO3. The Morgan fingerprint density at radius 3 is 2.52 bits per heavy atom. The quantitative estimate of drug-likeness (QED) is 0.772. The normalized spacial score (nSPS) is 11.8. The molecule has 0 amide bonds. The molecule has 1 atom stereocenters. The molecule has 3 nitrogen and oxygen atoms in total. The lowest BCUT2D eigenvalue weighted by atomic mass is 10.0. The van der Waals surface area contributed by atoms with E-state index >= 15 is 0 Å². The van der Waals surface area contributed by atoms with Crippen LogP contribution in [0.3, 0.4) is 0 Å². The molecule has 0 aliphatic heterocycles.